The van der Waals surface area contributed by atoms with Gasteiger partial charge in [0.15, 0.2) is 0 Å². The molecule has 2 aromatic carbocycles. The zero-order chi connectivity index (χ0) is 13.9. The van der Waals surface area contributed by atoms with Gasteiger partial charge in [-0.15, -0.1) is 0 Å². The third kappa shape index (κ3) is 2.51. The van der Waals surface area contributed by atoms with Crippen molar-refractivity contribution < 1.29 is 4.79 Å². The van der Waals surface area contributed by atoms with Crippen molar-refractivity contribution in [3.05, 3.63) is 65.4 Å². The summed E-state index contributed by atoms with van der Waals surface area (Å²) in [7, 11) is 0. The first-order valence-corrected chi connectivity index (χ1v) is 6.55. The second-order valence-corrected chi connectivity index (χ2v) is 4.81. The molecule has 1 N–H and O–H groups in total. The summed E-state index contributed by atoms with van der Waals surface area (Å²) in [5.74, 6) is -0.139. The highest BCUT2D eigenvalue weighted by atomic mass is 35.5. The van der Waals surface area contributed by atoms with Crippen LogP contribution in [-0.4, -0.2) is 15.5 Å². The number of nitrogens with zero attached hydrogens (tertiary/aromatic N) is 2. The summed E-state index contributed by atoms with van der Waals surface area (Å²) in [6, 6.07) is 14.6. The zero-order valence-corrected chi connectivity index (χ0v) is 11.3. The molecule has 4 nitrogen and oxygen atoms in total. The molecule has 5 heteroatoms. The summed E-state index contributed by atoms with van der Waals surface area (Å²) in [6.45, 7) is 0.377. The van der Waals surface area contributed by atoms with Gasteiger partial charge in [-0.3, -0.25) is 4.79 Å². The van der Waals surface area contributed by atoms with Crippen LogP contribution < -0.4 is 5.32 Å². The predicted molar refractivity (Wildman–Crippen MR) is 78.7 cm³/mol. The number of hydrogen-bond donors (Lipinski definition) is 1. The lowest BCUT2D eigenvalue weighted by molar-refractivity contribution is 0.0943. The topological polar surface area (TPSA) is 46.9 Å². The van der Waals surface area contributed by atoms with Gasteiger partial charge in [0.1, 0.15) is 0 Å². The van der Waals surface area contributed by atoms with Gasteiger partial charge in [0.2, 0.25) is 0 Å². The molecule has 0 atom stereocenters. The molecule has 1 heterocycles. The molecule has 3 rings (SSSR count). The first-order chi connectivity index (χ1) is 9.74. The van der Waals surface area contributed by atoms with E-state index in [9.17, 15) is 4.79 Å². The van der Waals surface area contributed by atoms with Crippen molar-refractivity contribution >= 4 is 28.5 Å². The lowest BCUT2D eigenvalue weighted by atomic mass is 10.2. The Morgan fingerprint density at radius 1 is 1.15 bits per heavy atom. The van der Waals surface area contributed by atoms with E-state index in [1.165, 1.54) is 0 Å². The van der Waals surface area contributed by atoms with Crippen LogP contribution in [0.15, 0.2) is 54.9 Å². The number of halogens is 1. The number of fused-ring (bicyclic) bond motifs is 1. The number of carbonyl (C=O) groups excluding carboxylic acids is 1. The molecular formula is C15H12ClN3O. The monoisotopic (exact) mass is 285 g/mol. The molecule has 0 unspecified atom stereocenters. The number of para-hydroxylation sites is 2. The van der Waals surface area contributed by atoms with E-state index >= 15 is 0 Å². The number of nitrogens with one attached hydrogen (secondary N) is 1. The van der Waals surface area contributed by atoms with E-state index in [1.807, 2.05) is 28.8 Å². The minimum atomic E-state index is -0.139. The van der Waals surface area contributed by atoms with Crippen LogP contribution in [0.1, 0.15) is 10.4 Å². The highest BCUT2D eigenvalue weighted by Crippen LogP contribution is 2.12. The molecule has 0 saturated carbocycles. The van der Waals surface area contributed by atoms with Gasteiger partial charge in [0.25, 0.3) is 5.91 Å². The fourth-order valence-corrected chi connectivity index (χ4v) is 2.12. The molecule has 1 aromatic heterocycles. The number of rotatable bonds is 3. The molecule has 0 saturated heterocycles. The molecule has 0 spiro atoms. The minimum Gasteiger partial charge on any atom is -0.334 e. The van der Waals surface area contributed by atoms with E-state index in [-0.39, 0.29) is 5.91 Å². The van der Waals surface area contributed by atoms with Crippen LogP contribution in [0.2, 0.25) is 5.02 Å². The number of amides is 1. The Hall–Kier alpha value is -2.33. The quantitative estimate of drug-likeness (QED) is 0.804. The van der Waals surface area contributed by atoms with Crippen LogP contribution in [-0.2, 0) is 6.67 Å². The summed E-state index contributed by atoms with van der Waals surface area (Å²) in [5.41, 5.74) is 2.48. The largest absolute Gasteiger partial charge is 0.334 e. The van der Waals surface area contributed by atoms with Crippen LogP contribution in [0.3, 0.4) is 0 Å². The fraction of sp³-hybridized carbons (Fsp3) is 0.0667. The van der Waals surface area contributed by atoms with Gasteiger partial charge < -0.3 is 9.88 Å². The van der Waals surface area contributed by atoms with E-state index in [0.29, 0.717) is 17.3 Å². The summed E-state index contributed by atoms with van der Waals surface area (Å²) in [4.78, 5) is 16.3. The predicted octanol–water partition coefficient (Wildman–Crippen LogP) is 3.08. The van der Waals surface area contributed by atoms with Crippen LogP contribution >= 0.6 is 11.6 Å². The highest BCUT2D eigenvalue weighted by molar-refractivity contribution is 6.30. The number of carbonyl (C=O) groups is 1. The number of imidazole rings is 1. The molecule has 0 aliphatic heterocycles. The molecule has 0 fully saturated rings. The molecule has 3 aromatic rings. The Labute approximate surface area is 121 Å². The van der Waals surface area contributed by atoms with Crippen molar-refractivity contribution in [2.75, 3.05) is 0 Å². The highest BCUT2D eigenvalue weighted by Gasteiger charge is 2.06. The molecule has 0 aliphatic carbocycles. The number of hydrogen-bond acceptors (Lipinski definition) is 2. The van der Waals surface area contributed by atoms with E-state index in [1.54, 1.807) is 30.6 Å². The average Bonchev–Trinajstić information content (AvgIpc) is 2.89. The van der Waals surface area contributed by atoms with Gasteiger partial charge in [-0.1, -0.05) is 23.7 Å². The first-order valence-electron chi connectivity index (χ1n) is 6.18. The van der Waals surface area contributed by atoms with E-state index in [2.05, 4.69) is 10.3 Å². The van der Waals surface area contributed by atoms with Gasteiger partial charge in [0.05, 0.1) is 24.0 Å². The maximum Gasteiger partial charge on any atom is 0.252 e. The maximum absolute atomic E-state index is 12.0. The summed E-state index contributed by atoms with van der Waals surface area (Å²) >= 11 is 5.80. The smallest absolute Gasteiger partial charge is 0.252 e. The van der Waals surface area contributed by atoms with E-state index in [4.69, 9.17) is 11.6 Å². The van der Waals surface area contributed by atoms with Crippen LogP contribution in [0.25, 0.3) is 11.0 Å². The van der Waals surface area contributed by atoms with Crippen LogP contribution in [0, 0.1) is 0 Å². The van der Waals surface area contributed by atoms with Crippen molar-refractivity contribution in [3.8, 4) is 0 Å². The van der Waals surface area contributed by atoms with Gasteiger partial charge in [-0.2, -0.15) is 0 Å². The van der Waals surface area contributed by atoms with E-state index in [0.717, 1.165) is 11.0 Å². The summed E-state index contributed by atoms with van der Waals surface area (Å²) in [6.07, 6.45) is 1.72. The Morgan fingerprint density at radius 3 is 2.70 bits per heavy atom. The zero-order valence-electron chi connectivity index (χ0n) is 10.6. The van der Waals surface area contributed by atoms with Crippen molar-refractivity contribution in [2.24, 2.45) is 0 Å². The van der Waals surface area contributed by atoms with Crippen LogP contribution in [0.4, 0.5) is 0 Å². The summed E-state index contributed by atoms with van der Waals surface area (Å²) < 4.78 is 1.89. The van der Waals surface area contributed by atoms with Crippen molar-refractivity contribution in [1.29, 1.82) is 0 Å². The second-order valence-electron chi connectivity index (χ2n) is 4.37. The SMILES string of the molecule is O=C(NCn1cnc2ccccc21)c1ccc(Cl)cc1. The average molecular weight is 286 g/mol. The lowest BCUT2D eigenvalue weighted by Gasteiger charge is -2.07. The molecule has 1 amide bonds. The number of benzene rings is 2. The normalized spacial score (nSPS) is 10.7. The maximum atomic E-state index is 12.0. The van der Waals surface area contributed by atoms with Gasteiger partial charge >= 0.3 is 0 Å². The lowest BCUT2D eigenvalue weighted by Crippen LogP contribution is -2.25. The molecule has 0 bridgehead atoms. The third-order valence-corrected chi connectivity index (χ3v) is 3.30. The Bertz CT molecular complexity index is 749. The fourth-order valence-electron chi connectivity index (χ4n) is 2.00. The van der Waals surface area contributed by atoms with Crippen LogP contribution in [0.5, 0.6) is 0 Å². The Balaban J connectivity index is 1.73. The Kier molecular flexibility index (Phi) is 3.39. The standard InChI is InChI=1S/C15H12ClN3O/c16-12-7-5-11(6-8-12)15(20)18-10-19-9-17-13-3-1-2-4-14(13)19/h1-9H,10H2,(H,18,20). The molecule has 0 aliphatic rings. The summed E-state index contributed by atoms with van der Waals surface area (Å²) in [5, 5.41) is 3.47. The van der Waals surface area contributed by atoms with E-state index < -0.39 is 0 Å². The minimum absolute atomic E-state index is 0.139. The second kappa shape index (κ2) is 5.35. The molecular weight excluding hydrogens is 274 g/mol. The third-order valence-electron chi connectivity index (χ3n) is 3.04. The van der Waals surface area contributed by atoms with Crippen molar-refractivity contribution in [2.45, 2.75) is 6.67 Å². The van der Waals surface area contributed by atoms with Gasteiger partial charge in [-0.05, 0) is 36.4 Å². The van der Waals surface area contributed by atoms with Gasteiger partial charge in [0, 0.05) is 10.6 Å². The van der Waals surface area contributed by atoms with Crippen molar-refractivity contribution in [3.63, 3.8) is 0 Å². The Morgan fingerprint density at radius 2 is 1.90 bits per heavy atom. The number of aromatic nitrogens is 2. The van der Waals surface area contributed by atoms with Crippen molar-refractivity contribution in [1.82, 2.24) is 14.9 Å². The van der Waals surface area contributed by atoms with Gasteiger partial charge in [-0.25, -0.2) is 4.98 Å². The molecule has 100 valence electrons. The molecule has 0 radical (unpaired) electrons. The molecule has 20 heavy (non-hydrogen) atoms. The first kappa shape index (κ1) is 12.7.